The Hall–Kier alpha value is -2.70. The monoisotopic (exact) mass is 391 g/mol. The lowest BCUT2D eigenvalue weighted by molar-refractivity contribution is 0.399. The van der Waals surface area contributed by atoms with E-state index in [0.717, 1.165) is 50.7 Å². The van der Waals surface area contributed by atoms with Gasteiger partial charge in [-0.3, -0.25) is 4.79 Å². The van der Waals surface area contributed by atoms with Crippen molar-refractivity contribution in [3.8, 4) is 17.0 Å². The molecule has 0 amide bonds. The molecule has 0 bridgehead atoms. The summed E-state index contributed by atoms with van der Waals surface area (Å²) in [6.07, 6.45) is 2.30. The Morgan fingerprint density at radius 2 is 2.00 bits per heavy atom. The number of ether oxygens (including phenoxy) is 1. The number of rotatable bonds is 4. The van der Waals surface area contributed by atoms with Crippen molar-refractivity contribution >= 4 is 32.3 Å². The number of nitrogens with zero attached hydrogens (tertiary/aromatic N) is 1. The van der Waals surface area contributed by atoms with Crippen LogP contribution in [0.1, 0.15) is 24.1 Å². The molecule has 1 saturated carbocycles. The van der Waals surface area contributed by atoms with Gasteiger partial charge in [-0.2, -0.15) is 0 Å². The molecule has 4 aromatic rings. The molecule has 1 fully saturated rings. The Morgan fingerprint density at radius 3 is 2.64 bits per heavy atom. The summed E-state index contributed by atoms with van der Waals surface area (Å²) in [6.45, 7) is 2.57. The molecule has 28 heavy (non-hydrogen) atoms. The highest BCUT2D eigenvalue weighted by Crippen LogP contribution is 2.48. The Kier molecular flexibility index (Phi) is 3.82. The molecule has 3 aromatic heterocycles. The highest BCUT2D eigenvalue weighted by atomic mass is 32.1. The quantitative estimate of drug-likeness (QED) is 0.548. The molecular weight excluding hydrogens is 370 g/mol. The van der Waals surface area contributed by atoms with E-state index in [1.165, 1.54) is 16.9 Å². The van der Waals surface area contributed by atoms with Gasteiger partial charge < -0.3 is 15.5 Å². The van der Waals surface area contributed by atoms with Crippen LogP contribution in [0.15, 0.2) is 40.5 Å². The maximum absolute atomic E-state index is 12.5. The fourth-order valence-corrected chi connectivity index (χ4v) is 4.91. The van der Waals surface area contributed by atoms with Gasteiger partial charge in [-0.15, -0.1) is 11.3 Å². The van der Waals surface area contributed by atoms with Crippen molar-refractivity contribution in [3.63, 3.8) is 0 Å². The van der Waals surface area contributed by atoms with Crippen LogP contribution in [0.2, 0.25) is 0 Å². The van der Waals surface area contributed by atoms with Crippen LogP contribution in [0.25, 0.3) is 32.1 Å². The van der Waals surface area contributed by atoms with Crippen LogP contribution < -0.4 is 16.0 Å². The maximum atomic E-state index is 12.5. The van der Waals surface area contributed by atoms with E-state index in [4.69, 9.17) is 10.5 Å². The number of hydrogen-bond donors (Lipinski definition) is 2. The van der Waals surface area contributed by atoms with Crippen LogP contribution in [0, 0.1) is 6.92 Å². The van der Waals surface area contributed by atoms with E-state index in [9.17, 15) is 4.79 Å². The highest BCUT2D eigenvalue weighted by molar-refractivity contribution is 7.17. The van der Waals surface area contributed by atoms with Crippen molar-refractivity contribution in [2.24, 2.45) is 5.73 Å². The molecule has 3 N–H and O–H groups in total. The molecule has 5 nitrogen and oxygen atoms in total. The number of nitrogens with two attached hydrogens (primary N) is 1. The number of benzene rings is 1. The molecule has 0 atom stereocenters. The van der Waals surface area contributed by atoms with Crippen molar-refractivity contribution in [3.05, 3.63) is 57.3 Å². The zero-order valence-electron chi connectivity index (χ0n) is 15.8. The summed E-state index contributed by atoms with van der Waals surface area (Å²) in [5.41, 5.74) is 10.8. The van der Waals surface area contributed by atoms with E-state index < -0.39 is 0 Å². The van der Waals surface area contributed by atoms with Gasteiger partial charge in [0.2, 0.25) is 5.88 Å². The summed E-state index contributed by atoms with van der Waals surface area (Å²) in [6, 6.07) is 10.6. The van der Waals surface area contributed by atoms with Crippen LogP contribution in [-0.4, -0.2) is 23.6 Å². The molecule has 0 unspecified atom stereocenters. The van der Waals surface area contributed by atoms with Gasteiger partial charge in [0.1, 0.15) is 4.70 Å². The lowest BCUT2D eigenvalue weighted by Gasteiger charge is -2.16. The standard InChI is InChI=1S/C22H21N3O2S/c1-12-18-17(15-7-10-28-19(15)20(26)25-18)16(21(24-12)27-2)13-3-5-14(6-4-13)22(11-23)8-9-22/h3-7,10H,8-9,11,23H2,1-2H3,(H,25,26). The summed E-state index contributed by atoms with van der Waals surface area (Å²) in [4.78, 5) is 20.1. The van der Waals surface area contributed by atoms with Crippen LogP contribution in [0.4, 0.5) is 0 Å². The Balaban J connectivity index is 1.82. The summed E-state index contributed by atoms with van der Waals surface area (Å²) in [7, 11) is 1.63. The molecule has 0 aliphatic heterocycles. The van der Waals surface area contributed by atoms with Crippen molar-refractivity contribution in [2.75, 3.05) is 13.7 Å². The fourth-order valence-electron chi connectivity index (χ4n) is 4.12. The van der Waals surface area contributed by atoms with E-state index in [2.05, 4.69) is 34.2 Å². The third kappa shape index (κ3) is 2.41. The minimum absolute atomic E-state index is 0.0764. The molecular formula is C22H21N3O2S. The predicted octanol–water partition coefficient (Wildman–Crippen LogP) is 4.11. The topological polar surface area (TPSA) is 81.0 Å². The van der Waals surface area contributed by atoms with E-state index in [1.807, 2.05) is 18.4 Å². The van der Waals surface area contributed by atoms with Crippen molar-refractivity contribution < 1.29 is 4.74 Å². The van der Waals surface area contributed by atoms with Crippen molar-refractivity contribution in [1.29, 1.82) is 0 Å². The minimum Gasteiger partial charge on any atom is -0.481 e. The normalized spacial score (nSPS) is 15.2. The van der Waals surface area contributed by atoms with Crippen LogP contribution in [-0.2, 0) is 5.41 Å². The summed E-state index contributed by atoms with van der Waals surface area (Å²) in [5, 5.41) is 3.87. The largest absolute Gasteiger partial charge is 0.481 e. The van der Waals surface area contributed by atoms with Gasteiger partial charge in [0.05, 0.1) is 23.9 Å². The first-order chi connectivity index (χ1) is 13.6. The third-order valence-corrected chi connectivity index (χ3v) is 6.86. The molecule has 1 aromatic carbocycles. The van der Waals surface area contributed by atoms with Gasteiger partial charge >= 0.3 is 0 Å². The smallest absolute Gasteiger partial charge is 0.266 e. The number of thiophene rings is 1. The number of nitrogens with one attached hydrogen (secondary N) is 1. The van der Waals surface area contributed by atoms with E-state index in [0.29, 0.717) is 12.4 Å². The highest BCUT2D eigenvalue weighted by Gasteiger charge is 2.42. The second-order valence-corrected chi connectivity index (χ2v) is 8.43. The summed E-state index contributed by atoms with van der Waals surface area (Å²) < 4.78 is 6.38. The van der Waals surface area contributed by atoms with Crippen molar-refractivity contribution in [1.82, 2.24) is 9.97 Å². The number of pyridine rings is 2. The first-order valence-corrected chi connectivity index (χ1v) is 10.2. The Labute approximate surface area is 166 Å². The predicted molar refractivity (Wildman–Crippen MR) is 114 cm³/mol. The van der Waals surface area contributed by atoms with Gasteiger partial charge in [0.15, 0.2) is 0 Å². The molecule has 142 valence electrons. The Morgan fingerprint density at radius 1 is 1.25 bits per heavy atom. The zero-order chi connectivity index (χ0) is 19.5. The molecule has 5 rings (SSSR count). The van der Waals surface area contributed by atoms with E-state index in [1.54, 1.807) is 7.11 Å². The van der Waals surface area contributed by atoms with E-state index in [-0.39, 0.29) is 11.0 Å². The van der Waals surface area contributed by atoms with Crippen molar-refractivity contribution in [2.45, 2.75) is 25.2 Å². The molecule has 3 heterocycles. The SMILES string of the molecule is COc1nc(C)c2[nH]c(=O)c3sccc3c2c1-c1ccc(C2(CN)CC2)cc1. The number of fused-ring (bicyclic) bond motifs is 3. The van der Waals surface area contributed by atoms with Crippen LogP contribution in [0.3, 0.4) is 0 Å². The van der Waals surface area contributed by atoms with Gasteiger partial charge in [-0.1, -0.05) is 24.3 Å². The number of methoxy groups -OCH3 is 1. The first-order valence-electron chi connectivity index (χ1n) is 9.37. The van der Waals surface area contributed by atoms with E-state index >= 15 is 0 Å². The van der Waals surface area contributed by atoms with Gasteiger partial charge in [0, 0.05) is 22.7 Å². The molecule has 0 saturated heterocycles. The summed E-state index contributed by atoms with van der Waals surface area (Å²) >= 11 is 1.45. The lowest BCUT2D eigenvalue weighted by Crippen LogP contribution is -2.19. The molecule has 1 aliphatic rings. The summed E-state index contributed by atoms with van der Waals surface area (Å²) in [5.74, 6) is 0.567. The zero-order valence-corrected chi connectivity index (χ0v) is 16.7. The maximum Gasteiger partial charge on any atom is 0.266 e. The second-order valence-electron chi connectivity index (χ2n) is 7.51. The van der Waals surface area contributed by atoms with Crippen LogP contribution in [0.5, 0.6) is 5.88 Å². The van der Waals surface area contributed by atoms with Gasteiger partial charge in [-0.05, 0) is 42.3 Å². The number of aromatic amines is 1. The van der Waals surface area contributed by atoms with Gasteiger partial charge in [0.25, 0.3) is 5.56 Å². The number of aryl methyl sites for hydroxylation is 1. The fraction of sp³-hybridized carbons (Fsp3) is 0.273. The van der Waals surface area contributed by atoms with Crippen LogP contribution >= 0.6 is 11.3 Å². The first kappa shape index (κ1) is 17.4. The number of hydrogen-bond acceptors (Lipinski definition) is 5. The number of H-pyrrole nitrogens is 1. The Bertz CT molecular complexity index is 1270. The molecule has 0 spiro atoms. The number of aromatic nitrogens is 2. The second kappa shape index (κ2) is 6.15. The average molecular weight is 391 g/mol. The molecule has 1 aliphatic carbocycles. The molecule has 6 heteroatoms. The average Bonchev–Trinajstić information content (AvgIpc) is 3.36. The third-order valence-electron chi connectivity index (χ3n) is 5.95. The van der Waals surface area contributed by atoms with Gasteiger partial charge in [-0.25, -0.2) is 4.98 Å². The minimum atomic E-state index is -0.0764. The molecule has 0 radical (unpaired) electrons. The lowest BCUT2D eigenvalue weighted by atomic mass is 9.92.